The van der Waals surface area contributed by atoms with Crippen LogP contribution in [0.2, 0.25) is 0 Å². The molecule has 1 radical (unpaired) electrons. The Bertz CT molecular complexity index is 371. The summed E-state index contributed by atoms with van der Waals surface area (Å²) in [6.45, 7) is 9.22. The molecule has 0 aliphatic heterocycles. The van der Waals surface area contributed by atoms with E-state index in [2.05, 4.69) is 0 Å². The molecule has 1 aromatic carbocycles. The standard InChI is InChI=1S/C13H17O3/c1-8(2)15-16-13(14)12-10(4)6-9(3)7-11(12)5/h6-7H,1-5H3. The van der Waals surface area contributed by atoms with Crippen LogP contribution < -0.4 is 0 Å². The molecule has 0 saturated heterocycles. The van der Waals surface area contributed by atoms with Crippen LogP contribution in [0.1, 0.15) is 40.9 Å². The number of hydrogen-bond donors (Lipinski definition) is 0. The summed E-state index contributed by atoms with van der Waals surface area (Å²) in [6.07, 6.45) is 0.593. The lowest BCUT2D eigenvalue weighted by molar-refractivity contribution is -0.229. The van der Waals surface area contributed by atoms with Gasteiger partial charge < -0.3 is 0 Å². The average molecular weight is 221 g/mol. The Morgan fingerprint density at radius 3 is 1.94 bits per heavy atom. The third-order valence-corrected chi connectivity index (χ3v) is 2.17. The molecule has 1 aromatic rings. The smallest absolute Gasteiger partial charge is 0.292 e. The molecule has 0 unspecified atom stereocenters. The first-order valence-corrected chi connectivity index (χ1v) is 5.18. The zero-order valence-electron chi connectivity index (χ0n) is 10.4. The molecule has 0 amide bonds. The maximum absolute atomic E-state index is 11.7. The molecular weight excluding hydrogens is 204 g/mol. The minimum absolute atomic E-state index is 0.448. The van der Waals surface area contributed by atoms with Crippen molar-refractivity contribution in [2.45, 2.75) is 34.6 Å². The summed E-state index contributed by atoms with van der Waals surface area (Å²) in [6, 6.07) is 3.90. The van der Waals surface area contributed by atoms with E-state index in [0.29, 0.717) is 11.7 Å². The fourth-order valence-electron chi connectivity index (χ4n) is 1.66. The Balaban J connectivity index is 2.91. The summed E-state index contributed by atoms with van der Waals surface area (Å²) in [5.74, 6) is -0.448. The Labute approximate surface area is 96.3 Å². The normalized spacial score (nSPS) is 10.6. The molecule has 0 atom stereocenters. The van der Waals surface area contributed by atoms with Gasteiger partial charge in [-0.2, -0.15) is 4.89 Å². The first-order valence-electron chi connectivity index (χ1n) is 5.18. The lowest BCUT2D eigenvalue weighted by atomic mass is 10.0. The summed E-state index contributed by atoms with van der Waals surface area (Å²) >= 11 is 0. The van der Waals surface area contributed by atoms with Crippen LogP contribution in [0, 0.1) is 26.9 Å². The number of carbonyl (C=O) groups is 1. The first-order chi connectivity index (χ1) is 7.41. The third kappa shape index (κ3) is 3.07. The number of aryl methyl sites for hydroxylation is 3. The Hall–Kier alpha value is -1.35. The van der Waals surface area contributed by atoms with Crippen molar-refractivity contribution < 1.29 is 14.6 Å². The maximum atomic E-state index is 11.7. The molecule has 0 aromatic heterocycles. The lowest BCUT2D eigenvalue weighted by Gasteiger charge is -2.10. The van der Waals surface area contributed by atoms with Gasteiger partial charge in [0.05, 0.1) is 5.56 Å². The highest BCUT2D eigenvalue weighted by Gasteiger charge is 2.15. The highest BCUT2D eigenvalue weighted by atomic mass is 17.2. The van der Waals surface area contributed by atoms with Gasteiger partial charge in [0.1, 0.15) is 6.10 Å². The zero-order chi connectivity index (χ0) is 12.3. The van der Waals surface area contributed by atoms with E-state index in [1.54, 1.807) is 13.8 Å². The van der Waals surface area contributed by atoms with E-state index in [1.807, 2.05) is 32.9 Å². The van der Waals surface area contributed by atoms with Gasteiger partial charge in [0.2, 0.25) is 0 Å². The number of benzene rings is 1. The van der Waals surface area contributed by atoms with Gasteiger partial charge in [0.15, 0.2) is 0 Å². The molecule has 3 heteroatoms. The molecule has 0 aliphatic rings. The van der Waals surface area contributed by atoms with Crippen molar-refractivity contribution in [1.82, 2.24) is 0 Å². The molecule has 3 nitrogen and oxygen atoms in total. The van der Waals surface area contributed by atoms with E-state index in [1.165, 1.54) is 0 Å². The highest BCUT2D eigenvalue weighted by molar-refractivity contribution is 5.92. The second-order valence-electron chi connectivity index (χ2n) is 4.14. The van der Waals surface area contributed by atoms with Crippen LogP contribution in [0.5, 0.6) is 0 Å². The Kier molecular flexibility index (Phi) is 4.07. The van der Waals surface area contributed by atoms with Gasteiger partial charge in [-0.15, -0.1) is 0 Å². The second kappa shape index (κ2) is 5.12. The number of carbonyl (C=O) groups excluding carboxylic acids is 1. The molecule has 1 rings (SSSR count). The highest BCUT2D eigenvalue weighted by Crippen LogP contribution is 2.18. The predicted octanol–water partition coefficient (Wildman–Crippen LogP) is 3.27. The van der Waals surface area contributed by atoms with Crippen LogP contribution in [-0.4, -0.2) is 5.97 Å². The average Bonchev–Trinajstić information content (AvgIpc) is 2.12. The fraction of sp³-hybridized carbons (Fsp3) is 0.385. The summed E-state index contributed by atoms with van der Waals surface area (Å²) in [4.78, 5) is 21.2. The van der Waals surface area contributed by atoms with Crippen molar-refractivity contribution in [2.75, 3.05) is 0 Å². The van der Waals surface area contributed by atoms with Gasteiger partial charge in [-0.3, -0.25) is 4.89 Å². The van der Waals surface area contributed by atoms with Crippen molar-refractivity contribution in [3.05, 3.63) is 40.5 Å². The second-order valence-corrected chi connectivity index (χ2v) is 4.14. The minimum Gasteiger partial charge on any atom is -0.292 e. The third-order valence-electron chi connectivity index (χ3n) is 2.17. The van der Waals surface area contributed by atoms with E-state index in [-0.39, 0.29) is 0 Å². The van der Waals surface area contributed by atoms with Gasteiger partial charge in [-0.05, 0) is 45.7 Å². The molecule has 0 aliphatic carbocycles. The summed E-state index contributed by atoms with van der Waals surface area (Å²) < 4.78 is 0. The van der Waals surface area contributed by atoms with E-state index >= 15 is 0 Å². The Morgan fingerprint density at radius 1 is 1.00 bits per heavy atom. The summed E-state index contributed by atoms with van der Waals surface area (Å²) in [5.41, 5.74) is 3.51. The van der Waals surface area contributed by atoms with Crippen LogP contribution in [0.4, 0.5) is 0 Å². The SMILES string of the molecule is C[C](C)OOC(=O)c1c(C)cc(C)cc1C. The van der Waals surface area contributed by atoms with Crippen molar-refractivity contribution >= 4 is 5.97 Å². The molecule has 0 saturated carbocycles. The van der Waals surface area contributed by atoms with Crippen LogP contribution in [0.3, 0.4) is 0 Å². The molecule has 0 fully saturated rings. The molecule has 16 heavy (non-hydrogen) atoms. The van der Waals surface area contributed by atoms with Gasteiger partial charge in [0.25, 0.3) is 0 Å². The molecule has 0 heterocycles. The van der Waals surface area contributed by atoms with Crippen molar-refractivity contribution in [3.8, 4) is 0 Å². The number of rotatable bonds is 3. The van der Waals surface area contributed by atoms with Crippen LogP contribution in [0.15, 0.2) is 12.1 Å². The number of hydrogen-bond acceptors (Lipinski definition) is 3. The topological polar surface area (TPSA) is 35.5 Å². The van der Waals surface area contributed by atoms with E-state index in [0.717, 1.165) is 16.7 Å². The predicted molar refractivity (Wildman–Crippen MR) is 61.7 cm³/mol. The summed E-state index contributed by atoms with van der Waals surface area (Å²) in [5, 5.41) is 0. The van der Waals surface area contributed by atoms with Crippen molar-refractivity contribution in [3.63, 3.8) is 0 Å². The first kappa shape index (κ1) is 12.7. The maximum Gasteiger partial charge on any atom is 0.373 e. The van der Waals surface area contributed by atoms with Gasteiger partial charge in [-0.25, -0.2) is 4.79 Å². The van der Waals surface area contributed by atoms with Crippen molar-refractivity contribution in [1.29, 1.82) is 0 Å². The summed E-state index contributed by atoms with van der Waals surface area (Å²) in [7, 11) is 0. The fourth-order valence-corrected chi connectivity index (χ4v) is 1.66. The van der Waals surface area contributed by atoms with E-state index < -0.39 is 5.97 Å². The molecule has 0 N–H and O–H groups in total. The van der Waals surface area contributed by atoms with E-state index in [9.17, 15) is 4.79 Å². The van der Waals surface area contributed by atoms with Crippen LogP contribution >= 0.6 is 0 Å². The molecule has 87 valence electrons. The largest absolute Gasteiger partial charge is 0.373 e. The zero-order valence-corrected chi connectivity index (χ0v) is 10.4. The minimum atomic E-state index is -0.448. The Morgan fingerprint density at radius 2 is 1.50 bits per heavy atom. The van der Waals surface area contributed by atoms with Crippen molar-refractivity contribution in [2.24, 2.45) is 0 Å². The lowest BCUT2D eigenvalue weighted by Crippen LogP contribution is -2.10. The van der Waals surface area contributed by atoms with Gasteiger partial charge in [-0.1, -0.05) is 17.7 Å². The van der Waals surface area contributed by atoms with E-state index in [4.69, 9.17) is 9.78 Å². The van der Waals surface area contributed by atoms with Crippen LogP contribution in [0.25, 0.3) is 0 Å². The molecule has 0 bridgehead atoms. The van der Waals surface area contributed by atoms with Gasteiger partial charge >= 0.3 is 5.97 Å². The quantitative estimate of drug-likeness (QED) is 0.580. The van der Waals surface area contributed by atoms with Gasteiger partial charge in [0, 0.05) is 0 Å². The molecule has 0 spiro atoms. The van der Waals surface area contributed by atoms with Crippen LogP contribution in [-0.2, 0) is 9.78 Å². The monoisotopic (exact) mass is 221 g/mol. The molecular formula is C13H17O3.